The van der Waals surface area contributed by atoms with E-state index in [9.17, 15) is 19.2 Å². The van der Waals surface area contributed by atoms with E-state index in [1.807, 2.05) is 42.5 Å². The Hall–Kier alpha value is -3.93. The highest BCUT2D eigenvalue weighted by atomic mass is 35.5. The maximum Gasteiger partial charge on any atom is 0.326 e. The molecule has 1 saturated heterocycles. The SMILES string of the molecule is CC(=O)N[C@@H]1CCN(CCCN(C(=O)Nc2ccc(F)c(Cl)c2)c2ccc(-c3cccc(C#N)c3)cc2)C1. The normalized spacial score (nSPS) is 15.1. The molecule has 9 heteroatoms. The molecule has 1 atom stereocenters. The molecule has 0 spiro atoms. The molecule has 0 bridgehead atoms. The van der Waals surface area contributed by atoms with Gasteiger partial charge in [-0.1, -0.05) is 35.9 Å². The Morgan fingerprint density at radius 3 is 2.63 bits per heavy atom. The Balaban J connectivity index is 1.48. The third-order valence-electron chi connectivity index (χ3n) is 6.46. The average Bonchev–Trinajstić information content (AvgIpc) is 3.35. The minimum Gasteiger partial charge on any atom is -0.352 e. The second-order valence-corrected chi connectivity index (χ2v) is 9.70. The van der Waals surface area contributed by atoms with Crippen LogP contribution >= 0.6 is 11.6 Å². The highest BCUT2D eigenvalue weighted by Crippen LogP contribution is 2.26. The Morgan fingerprint density at radius 2 is 1.92 bits per heavy atom. The number of nitrogens with zero attached hydrogens (tertiary/aromatic N) is 3. The van der Waals surface area contributed by atoms with Crippen LogP contribution in [0.3, 0.4) is 0 Å². The number of rotatable bonds is 8. The van der Waals surface area contributed by atoms with Crippen LogP contribution in [0.2, 0.25) is 5.02 Å². The molecule has 7 nitrogen and oxygen atoms in total. The van der Waals surface area contributed by atoms with Crippen molar-refractivity contribution in [3.8, 4) is 17.2 Å². The molecule has 0 aliphatic carbocycles. The van der Waals surface area contributed by atoms with Crippen LogP contribution in [0.5, 0.6) is 0 Å². The summed E-state index contributed by atoms with van der Waals surface area (Å²) in [4.78, 5) is 28.6. The smallest absolute Gasteiger partial charge is 0.326 e. The molecule has 2 N–H and O–H groups in total. The van der Waals surface area contributed by atoms with Gasteiger partial charge in [-0.05, 0) is 73.0 Å². The van der Waals surface area contributed by atoms with Crippen molar-refractivity contribution in [2.24, 2.45) is 0 Å². The molecule has 1 heterocycles. The predicted octanol–water partition coefficient (Wildman–Crippen LogP) is 5.66. The predicted molar refractivity (Wildman–Crippen MR) is 148 cm³/mol. The quantitative estimate of drug-likeness (QED) is 0.391. The van der Waals surface area contributed by atoms with E-state index in [0.29, 0.717) is 23.5 Å². The van der Waals surface area contributed by atoms with Crippen LogP contribution in [0.25, 0.3) is 11.1 Å². The minimum absolute atomic E-state index is 0.0246. The van der Waals surface area contributed by atoms with Crippen molar-refractivity contribution in [3.63, 3.8) is 0 Å². The summed E-state index contributed by atoms with van der Waals surface area (Å²) in [5.41, 5.74) is 3.52. The van der Waals surface area contributed by atoms with Crippen molar-refractivity contribution < 1.29 is 14.0 Å². The molecule has 1 aliphatic heterocycles. The van der Waals surface area contributed by atoms with Crippen LogP contribution < -0.4 is 15.5 Å². The Morgan fingerprint density at radius 1 is 1.13 bits per heavy atom. The van der Waals surface area contributed by atoms with Gasteiger partial charge in [-0.15, -0.1) is 0 Å². The van der Waals surface area contributed by atoms with Gasteiger partial charge in [-0.2, -0.15) is 5.26 Å². The fourth-order valence-electron chi connectivity index (χ4n) is 4.61. The highest BCUT2D eigenvalue weighted by molar-refractivity contribution is 6.31. The first-order chi connectivity index (χ1) is 18.3. The van der Waals surface area contributed by atoms with Crippen molar-refractivity contribution in [1.29, 1.82) is 5.26 Å². The van der Waals surface area contributed by atoms with Crippen molar-refractivity contribution in [2.75, 3.05) is 36.4 Å². The van der Waals surface area contributed by atoms with Crippen LogP contribution in [-0.2, 0) is 4.79 Å². The van der Waals surface area contributed by atoms with E-state index >= 15 is 0 Å². The number of urea groups is 1. The van der Waals surface area contributed by atoms with Gasteiger partial charge in [0.25, 0.3) is 0 Å². The fourth-order valence-corrected chi connectivity index (χ4v) is 4.79. The number of anilines is 2. The number of benzene rings is 3. The van der Waals surface area contributed by atoms with Crippen molar-refractivity contribution in [3.05, 3.63) is 83.1 Å². The summed E-state index contributed by atoms with van der Waals surface area (Å²) in [7, 11) is 0. The molecular weight excluding hydrogens is 505 g/mol. The van der Waals surface area contributed by atoms with Crippen LogP contribution in [0.15, 0.2) is 66.7 Å². The number of nitriles is 1. The third kappa shape index (κ3) is 7.09. The molecule has 1 aliphatic rings. The lowest BCUT2D eigenvalue weighted by atomic mass is 10.0. The molecule has 0 unspecified atom stereocenters. The van der Waals surface area contributed by atoms with Gasteiger partial charge >= 0.3 is 6.03 Å². The molecule has 0 radical (unpaired) electrons. The second kappa shape index (κ2) is 12.5. The molecule has 38 heavy (non-hydrogen) atoms. The minimum atomic E-state index is -0.555. The van der Waals surface area contributed by atoms with Gasteiger partial charge in [0, 0.05) is 44.0 Å². The first-order valence-electron chi connectivity index (χ1n) is 12.5. The number of hydrogen-bond donors (Lipinski definition) is 2. The maximum atomic E-state index is 13.6. The molecule has 3 aromatic carbocycles. The average molecular weight is 534 g/mol. The van der Waals surface area contributed by atoms with E-state index in [-0.39, 0.29) is 23.0 Å². The monoisotopic (exact) mass is 533 g/mol. The van der Waals surface area contributed by atoms with Crippen molar-refractivity contribution >= 4 is 34.9 Å². The molecule has 0 aromatic heterocycles. The topological polar surface area (TPSA) is 88.5 Å². The van der Waals surface area contributed by atoms with Gasteiger partial charge in [-0.3, -0.25) is 9.69 Å². The van der Waals surface area contributed by atoms with Gasteiger partial charge in [0.15, 0.2) is 0 Å². The first-order valence-corrected chi connectivity index (χ1v) is 12.8. The number of carbonyl (C=O) groups is 2. The molecule has 196 valence electrons. The zero-order valence-corrected chi connectivity index (χ0v) is 21.8. The summed E-state index contributed by atoms with van der Waals surface area (Å²) in [6, 6.07) is 20.9. The van der Waals surface area contributed by atoms with E-state index in [0.717, 1.165) is 43.6 Å². The number of halogens is 2. The molecule has 4 rings (SSSR count). The summed E-state index contributed by atoms with van der Waals surface area (Å²) in [6.45, 7) is 4.43. The molecule has 0 saturated carbocycles. The van der Waals surface area contributed by atoms with Crippen LogP contribution in [0.1, 0.15) is 25.3 Å². The summed E-state index contributed by atoms with van der Waals surface area (Å²) >= 11 is 5.90. The Bertz CT molecular complexity index is 1340. The molecule has 1 fully saturated rings. The number of nitrogens with one attached hydrogen (secondary N) is 2. The number of likely N-dealkylation sites (tertiary alicyclic amines) is 1. The Labute approximate surface area is 226 Å². The number of hydrogen-bond acceptors (Lipinski definition) is 4. The van der Waals surface area contributed by atoms with Gasteiger partial charge in [0.2, 0.25) is 5.91 Å². The van der Waals surface area contributed by atoms with E-state index in [4.69, 9.17) is 11.6 Å². The highest BCUT2D eigenvalue weighted by Gasteiger charge is 2.23. The van der Waals surface area contributed by atoms with E-state index in [1.54, 1.807) is 11.0 Å². The second-order valence-electron chi connectivity index (χ2n) is 9.29. The van der Waals surface area contributed by atoms with Gasteiger partial charge < -0.3 is 15.5 Å². The van der Waals surface area contributed by atoms with Gasteiger partial charge in [0.05, 0.1) is 16.7 Å². The van der Waals surface area contributed by atoms with E-state index < -0.39 is 5.82 Å². The zero-order chi connectivity index (χ0) is 27.1. The van der Waals surface area contributed by atoms with E-state index in [1.165, 1.54) is 25.1 Å². The van der Waals surface area contributed by atoms with Gasteiger partial charge in [0.1, 0.15) is 5.82 Å². The zero-order valence-electron chi connectivity index (χ0n) is 21.1. The van der Waals surface area contributed by atoms with Crippen LogP contribution in [-0.4, -0.2) is 49.1 Å². The van der Waals surface area contributed by atoms with Gasteiger partial charge in [-0.25, -0.2) is 9.18 Å². The van der Waals surface area contributed by atoms with Crippen LogP contribution in [0.4, 0.5) is 20.6 Å². The van der Waals surface area contributed by atoms with E-state index in [2.05, 4.69) is 21.6 Å². The lowest BCUT2D eigenvalue weighted by Gasteiger charge is -2.25. The Kier molecular flexibility index (Phi) is 8.95. The standard InChI is InChI=1S/C29H29ClFN5O2/c1-20(37)33-25-12-15-35(19-25)13-3-14-36(29(38)34-24-8-11-28(31)27(30)17-24)26-9-6-22(7-10-26)23-5-2-4-21(16-23)18-32/h2,4-11,16-17,25H,3,12-15,19H2,1H3,(H,33,37)(H,34,38)/t25-/m1/s1. The fraction of sp³-hybridized carbons (Fsp3) is 0.276. The summed E-state index contributed by atoms with van der Waals surface area (Å²) in [5, 5.41) is 14.9. The lowest BCUT2D eigenvalue weighted by molar-refractivity contribution is -0.119. The lowest BCUT2D eigenvalue weighted by Crippen LogP contribution is -2.38. The molecule has 3 amide bonds. The number of carbonyl (C=O) groups excluding carboxylic acids is 2. The van der Waals surface area contributed by atoms with Crippen LogP contribution in [0, 0.1) is 17.1 Å². The van der Waals surface area contributed by atoms with Crippen molar-refractivity contribution in [2.45, 2.75) is 25.8 Å². The number of amides is 3. The molecular formula is C29H29ClFN5O2. The summed E-state index contributed by atoms with van der Waals surface area (Å²) in [6.07, 6.45) is 1.62. The summed E-state index contributed by atoms with van der Waals surface area (Å²) < 4.78 is 13.6. The first kappa shape index (κ1) is 27.1. The third-order valence-corrected chi connectivity index (χ3v) is 6.75. The largest absolute Gasteiger partial charge is 0.352 e. The summed E-state index contributed by atoms with van der Waals surface area (Å²) in [5.74, 6) is -0.579. The maximum absolute atomic E-state index is 13.6. The molecule has 3 aromatic rings. The van der Waals surface area contributed by atoms with Crippen molar-refractivity contribution in [1.82, 2.24) is 10.2 Å².